The minimum absolute atomic E-state index is 0.0508. The van der Waals surface area contributed by atoms with Crippen LogP contribution in [0.4, 0.5) is 0 Å². The van der Waals surface area contributed by atoms with Crippen LogP contribution in [0.3, 0.4) is 0 Å². The Bertz CT molecular complexity index is 384. The summed E-state index contributed by atoms with van der Waals surface area (Å²) in [6, 6.07) is 3.70. The fraction of sp³-hybridized carbons (Fsp3) is 0.571. The maximum atomic E-state index is 12.0. The quantitative estimate of drug-likeness (QED) is 0.885. The summed E-state index contributed by atoms with van der Waals surface area (Å²) in [6.07, 6.45) is 3.87. The summed E-state index contributed by atoms with van der Waals surface area (Å²) in [5, 5.41) is 0. The van der Waals surface area contributed by atoms with Crippen LogP contribution in [0, 0.1) is 5.41 Å². The first-order valence-corrected chi connectivity index (χ1v) is 6.19. The topological polar surface area (TPSA) is 59.2 Å². The Labute approximate surface area is 109 Å². The molecule has 1 aromatic rings. The number of nitrogens with zero attached hydrogens (tertiary/aromatic N) is 2. The summed E-state index contributed by atoms with van der Waals surface area (Å²) in [7, 11) is 1.80. The molecule has 1 unspecified atom stereocenters. The number of nitrogens with two attached hydrogens (primary N) is 1. The number of amides is 1. The van der Waals surface area contributed by atoms with Crippen LogP contribution in [0.5, 0.6) is 0 Å². The van der Waals surface area contributed by atoms with Gasteiger partial charge < -0.3 is 10.6 Å². The highest BCUT2D eigenvalue weighted by molar-refractivity contribution is 5.76. The van der Waals surface area contributed by atoms with E-state index in [0.717, 1.165) is 5.56 Å². The highest BCUT2D eigenvalue weighted by Gasteiger charge is 2.24. The average molecular weight is 249 g/mol. The lowest BCUT2D eigenvalue weighted by molar-refractivity contribution is -0.131. The van der Waals surface area contributed by atoms with Gasteiger partial charge in [-0.1, -0.05) is 26.8 Å². The zero-order valence-corrected chi connectivity index (χ0v) is 11.7. The number of hydrogen-bond donors (Lipinski definition) is 1. The summed E-state index contributed by atoms with van der Waals surface area (Å²) >= 11 is 0. The first-order chi connectivity index (χ1) is 8.30. The van der Waals surface area contributed by atoms with Crippen molar-refractivity contribution in [2.75, 3.05) is 7.05 Å². The third kappa shape index (κ3) is 4.45. The maximum Gasteiger partial charge on any atom is 0.224 e. The van der Waals surface area contributed by atoms with Gasteiger partial charge in [0.1, 0.15) is 0 Å². The lowest BCUT2D eigenvalue weighted by Gasteiger charge is -2.28. The van der Waals surface area contributed by atoms with Gasteiger partial charge in [0.25, 0.3) is 0 Å². The van der Waals surface area contributed by atoms with Gasteiger partial charge in [0, 0.05) is 38.4 Å². The molecule has 18 heavy (non-hydrogen) atoms. The second-order valence-corrected chi connectivity index (χ2v) is 5.79. The molecule has 0 radical (unpaired) electrons. The first-order valence-electron chi connectivity index (χ1n) is 6.19. The second-order valence-electron chi connectivity index (χ2n) is 5.79. The zero-order valence-electron chi connectivity index (χ0n) is 11.7. The van der Waals surface area contributed by atoms with Crippen molar-refractivity contribution in [3.8, 4) is 0 Å². The highest BCUT2D eigenvalue weighted by Crippen LogP contribution is 2.20. The second kappa shape index (κ2) is 5.96. The molecule has 1 aromatic heterocycles. The van der Waals surface area contributed by atoms with E-state index in [9.17, 15) is 4.79 Å². The molecule has 1 amide bonds. The number of hydrogen-bond acceptors (Lipinski definition) is 3. The predicted molar refractivity (Wildman–Crippen MR) is 72.8 cm³/mol. The molecule has 1 rings (SSSR count). The number of pyridine rings is 1. The van der Waals surface area contributed by atoms with Gasteiger partial charge >= 0.3 is 0 Å². The summed E-state index contributed by atoms with van der Waals surface area (Å²) in [5.74, 6) is 0.0706. The summed E-state index contributed by atoms with van der Waals surface area (Å²) in [5.41, 5.74) is 7.00. The SMILES string of the molecule is CN(Cc1cccnc1)C(=O)CC(N)C(C)(C)C. The Morgan fingerprint density at radius 1 is 1.50 bits per heavy atom. The number of aromatic nitrogens is 1. The standard InChI is InChI=1S/C14H23N3O/c1-14(2,3)12(15)8-13(18)17(4)10-11-6-5-7-16-9-11/h5-7,9,12H,8,10,15H2,1-4H3. The van der Waals surface area contributed by atoms with Crippen molar-refractivity contribution in [1.29, 1.82) is 0 Å². The van der Waals surface area contributed by atoms with E-state index in [4.69, 9.17) is 5.73 Å². The predicted octanol–water partition coefficient (Wildman–Crippen LogP) is 1.80. The third-order valence-electron chi connectivity index (χ3n) is 3.08. The number of carbonyl (C=O) groups excluding carboxylic acids is 1. The molecular formula is C14H23N3O. The molecule has 100 valence electrons. The van der Waals surface area contributed by atoms with Crippen molar-refractivity contribution in [2.24, 2.45) is 11.1 Å². The van der Waals surface area contributed by atoms with Gasteiger partial charge in [-0.2, -0.15) is 0 Å². The number of rotatable bonds is 4. The van der Waals surface area contributed by atoms with E-state index in [0.29, 0.717) is 13.0 Å². The van der Waals surface area contributed by atoms with Crippen LogP contribution in [0.2, 0.25) is 0 Å². The Morgan fingerprint density at radius 2 is 2.17 bits per heavy atom. The largest absolute Gasteiger partial charge is 0.341 e. The van der Waals surface area contributed by atoms with Gasteiger partial charge in [-0.15, -0.1) is 0 Å². The first kappa shape index (κ1) is 14.6. The van der Waals surface area contributed by atoms with Crippen molar-refractivity contribution in [3.05, 3.63) is 30.1 Å². The molecule has 0 saturated carbocycles. The van der Waals surface area contributed by atoms with E-state index >= 15 is 0 Å². The molecule has 0 aromatic carbocycles. The summed E-state index contributed by atoms with van der Waals surface area (Å²) in [4.78, 5) is 17.8. The minimum Gasteiger partial charge on any atom is -0.341 e. The van der Waals surface area contributed by atoms with Crippen LogP contribution in [0.1, 0.15) is 32.8 Å². The van der Waals surface area contributed by atoms with Crippen molar-refractivity contribution in [1.82, 2.24) is 9.88 Å². The molecule has 0 aliphatic carbocycles. The molecule has 0 bridgehead atoms. The van der Waals surface area contributed by atoms with Crippen LogP contribution in [0.25, 0.3) is 0 Å². The van der Waals surface area contributed by atoms with E-state index in [1.807, 2.05) is 32.9 Å². The Kier molecular flexibility index (Phi) is 4.84. The maximum absolute atomic E-state index is 12.0. The highest BCUT2D eigenvalue weighted by atomic mass is 16.2. The van der Waals surface area contributed by atoms with Crippen LogP contribution in [-0.4, -0.2) is 28.9 Å². The molecule has 0 spiro atoms. The fourth-order valence-corrected chi connectivity index (χ4v) is 1.50. The summed E-state index contributed by atoms with van der Waals surface area (Å²) in [6.45, 7) is 6.72. The molecule has 1 atom stereocenters. The molecule has 0 fully saturated rings. The van der Waals surface area contributed by atoms with Gasteiger partial charge in [0.15, 0.2) is 0 Å². The number of carbonyl (C=O) groups is 1. The molecular weight excluding hydrogens is 226 g/mol. The van der Waals surface area contributed by atoms with E-state index in [-0.39, 0.29) is 17.4 Å². The molecule has 2 N–H and O–H groups in total. The lowest BCUT2D eigenvalue weighted by Crippen LogP contribution is -2.40. The molecule has 4 heteroatoms. The van der Waals surface area contributed by atoms with Gasteiger partial charge in [-0.05, 0) is 17.0 Å². The summed E-state index contributed by atoms with van der Waals surface area (Å²) < 4.78 is 0. The Balaban J connectivity index is 2.52. The normalized spacial score (nSPS) is 13.2. The Morgan fingerprint density at radius 3 is 2.67 bits per heavy atom. The smallest absolute Gasteiger partial charge is 0.224 e. The molecule has 0 aliphatic heterocycles. The molecule has 1 heterocycles. The van der Waals surface area contributed by atoms with Crippen molar-refractivity contribution >= 4 is 5.91 Å². The lowest BCUT2D eigenvalue weighted by atomic mass is 9.85. The van der Waals surface area contributed by atoms with Gasteiger partial charge in [-0.25, -0.2) is 0 Å². The van der Waals surface area contributed by atoms with E-state index in [1.165, 1.54) is 0 Å². The van der Waals surface area contributed by atoms with Gasteiger partial charge in [0.2, 0.25) is 5.91 Å². The van der Waals surface area contributed by atoms with Crippen LogP contribution >= 0.6 is 0 Å². The van der Waals surface area contributed by atoms with Crippen LogP contribution in [0.15, 0.2) is 24.5 Å². The fourth-order valence-electron chi connectivity index (χ4n) is 1.50. The molecule has 4 nitrogen and oxygen atoms in total. The van der Waals surface area contributed by atoms with E-state index < -0.39 is 0 Å². The van der Waals surface area contributed by atoms with Crippen molar-refractivity contribution < 1.29 is 4.79 Å². The van der Waals surface area contributed by atoms with Gasteiger partial charge in [-0.3, -0.25) is 9.78 Å². The van der Waals surface area contributed by atoms with Gasteiger partial charge in [0.05, 0.1) is 0 Å². The minimum atomic E-state index is -0.124. The Hall–Kier alpha value is -1.42. The van der Waals surface area contributed by atoms with Crippen LogP contribution < -0.4 is 5.73 Å². The average Bonchev–Trinajstić information content (AvgIpc) is 2.28. The zero-order chi connectivity index (χ0) is 13.8. The third-order valence-corrected chi connectivity index (χ3v) is 3.08. The monoisotopic (exact) mass is 249 g/mol. The van der Waals surface area contributed by atoms with Crippen LogP contribution in [-0.2, 0) is 11.3 Å². The van der Waals surface area contributed by atoms with Crippen molar-refractivity contribution in [2.45, 2.75) is 39.8 Å². The van der Waals surface area contributed by atoms with E-state index in [1.54, 1.807) is 24.3 Å². The molecule has 0 aliphatic rings. The van der Waals surface area contributed by atoms with Crippen molar-refractivity contribution in [3.63, 3.8) is 0 Å². The van der Waals surface area contributed by atoms with E-state index in [2.05, 4.69) is 4.98 Å². The molecule has 0 saturated heterocycles.